The van der Waals surface area contributed by atoms with Gasteiger partial charge in [0.1, 0.15) is 0 Å². The van der Waals surface area contributed by atoms with Gasteiger partial charge in [0.15, 0.2) is 0 Å². The third-order valence-corrected chi connectivity index (χ3v) is 2.47. The lowest BCUT2D eigenvalue weighted by molar-refractivity contribution is 0.194. The fraction of sp³-hybridized carbons (Fsp3) is 1.00. The van der Waals surface area contributed by atoms with Crippen LogP contribution in [0.3, 0.4) is 0 Å². The summed E-state index contributed by atoms with van der Waals surface area (Å²) in [6.45, 7) is 14.1. The third kappa shape index (κ3) is 8.33. The molecule has 0 aromatic rings. The van der Waals surface area contributed by atoms with E-state index in [1.165, 1.54) is 32.1 Å². The first kappa shape index (κ1) is 13.0. The molecule has 0 unspecified atom stereocenters. The van der Waals surface area contributed by atoms with Gasteiger partial charge in [-0.05, 0) is 23.7 Å². The van der Waals surface area contributed by atoms with Gasteiger partial charge in [0.2, 0.25) is 0 Å². The lowest BCUT2D eigenvalue weighted by Crippen LogP contribution is -2.20. The van der Waals surface area contributed by atoms with Crippen LogP contribution in [0.2, 0.25) is 0 Å². The molecule has 13 heavy (non-hydrogen) atoms. The summed E-state index contributed by atoms with van der Waals surface area (Å²) in [5.74, 6) is 0. The molecule has 0 saturated heterocycles. The van der Waals surface area contributed by atoms with Gasteiger partial charge in [0.25, 0.3) is 0 Å². The van der Waals surface area contributed by atoms with Crippen molar-refractivity contribution in [3.8, 4) is 0 Å². The average molecular weight is 184 g/mol. The van der Waals surface area contributed by atoms with Crippen molar-refractivity contribution in [2.75, 3.05) is 0 Å². The Bertz CT molecular complexity index is 125. The summed E-state index contributed by atoms with van der Waals surface area (Å²) in [7, 11) is 0. The van der Waals surface area contributed by atoms with E-state index in [1.807, 2.05) is 0 Å². The Labute approximate surface area is 85.1 Å². The summed E-state index contributed by atoms with van der Waals surface area (Å²) in [5.41, 5.74) is 1.02. The normalized spacial score (nSPS) is 13.4. The van der Waals surface area contributed by atoms with Crippen molar-refractivity contribution in [3.05, 3.63) is 0 Å². The van der Waals surface area contributed by atoms with Crippen LogP contribution in [0.5, 0.6) is 0 Å². The SMILES string of the molecule is CCCCCC(C)(C)CC(C)(C)C. The smallest absolute Gasteiger partial charge is 0.0349 e. The molecule has 0 aliphatic carbocycles. The van der Waals surface area contributed by atoms with Crippen LogP contribution in [0, 0.1) is 10.8 Å². The fourth-order valence-electron chi connectivity index (χ4n) is 2.38. The first-order valence-corrected chi connectivity index (χ1v) is 5.77. The molecule has 80 valence electrons. The van der Waals surface area contributed by atoms with E-state index < -0.39 is 0 Å². The van der Waals surface area contributed by atoms with E-state index in [-0.39, 0.29) is 0 Å². The molecule has 0 nitrogen and oxygen atoms in total. The van der Waals surface area contributed by atoms with Gasteiger partial charge < -0.3 is 0 Å². The lowest BCUT2D eigenvalue weighted by atomic mass is 9.73. The van der Waals surface area contributed by atoms with Gasteiger partial charge >= 0.3 is 0 Å². The van der Waals surface area contributed by atoms with Crippen molar-refractivity contribution >= 4 is 0 Å². The highest BCUT2D eigenvalue weighted by Gasteiger charge is 2.24. The van der Waals surface area contributed by atoms with Crippen LogP contribution in [-0.2, 0) is 0 Å². The fourth-order valence-corrected chi connectivity index (χ4v) is 2.38. The summed E-state index contributed by atoms with van der Waals surface area (Å²) in [5, 5.41) is 0. The van der Waals surface area contributed by atoms with Crippen LogP contribution in [-0.4, -0.2) is 0 Å². The molecule has 0 radical (unpaired) electrons. The molecule has 0 aromatic carbocycles. The number of hydrogen-bond donors (Lipinski definition) is 0. The summed E-state index contributed by atoms with van der Waals surface area (Å²) < 4.78 is 0. The highest BCUT2D eigenvalue weighted by atomic mass is 14.3. The molecule has 0 heterocycles. The standard InChI is InChI=1S/C13H28/c1-7-8-9-10-13(5,6)11-12(2,3)4/h7-11H2,1-6H3. The van der Waals surface area contributed by atoms with Crippen molar-refractivity contribution in [2.24, 2.45) is 10.8 Å². The maximum absolute atomic E-state index is 2.41. The van der Waals surface area contributed by atoms with E-state index in [0.717, 1.165) is 0 Å². The largest absolute Gasteiger partial charge is 0.0654 e. The third-order valence-electron chi connectivity index (χ3n) is 2.47. The highest BCUT2D eigenvalue weighted by molar-refractivity contribution is 4.76. The molecule has 0 rings (SSSR count). The monoisotopic (exact) mass is 184 g/mol. The second-order valence-corrected chi connectivity index (χ2v) is 6.36. The minimum absolute atomic E-state index is 0.482. The van der Waals surface area contributed by atoms with Gasteiger partial charge in [-0.15, -0.1) is 0 Å². The molecular formula is C13H28. The molecule has 0 saturated carbocycles. The van der Waals surface area contributed by atoms with E-state index in [9.17, 15) is 0 Å². The Balaban J connectivity index is 3.80. The van der Waals surface area contributed by atoms with E-state index >= 15 is 0 Å². The van der Waals surface area contributed by atoms with Gasteiger partial charge in [-0.3, -0.25) is 0 Å². The summed E-state index contributed by atoms with van der Waals surface area (Å²) in [4.78, 5) is 0. The number of unbranched alkanes of at least 4 members (excludes halogenated alkanes) is 2. The number of rotatable bonds is 5. The maximum atomic E-state index is 2.41. The van der Waals surface area contributed by atoms with Crippen molar-refractivity contribution in [3.63, 3.8) is 0 Å². The van der Waals surface area contributed by atoms with Gasteiger partial charge in [-0.2, -0.15) is 0 Å². The minimum atomic E-state index is 0.482. The van der Waals surface area contributed by atoms with Crippen LogP contribution in [0.25, 0.3) is 0 Å². The van der Waals surface area contributed by atoms with E-state index in [2.05, 4.69) is 41.5 Å². The first-order valence-electron chi connectivity index (χ1n) is 5.77. The number of hydrogen-bond acceptors (Lipinski definition) is 0. The van der Waals surface area contributed by atoms with Crippen LogP contribution in [0.4, 0.5) is 0 Å². The van der Waals surface area contributed by atoms with E-state index in [4.69, 9.17) is 0 Å². The van der Waals surface area contributed by atoms with Gasteiger partial charge in [0.05, 0.1) is 0 Å². The van der Waals surface area contributed by atoms with Crippen LogP contribution in [0.15, 0.2) is 0 Å². The van der Waals surface area contributed by atoms with E-state index in [0.29, 0.717) is 10.8 Å². The zero-order chi connectivity index (χ0) is 10.5. The summed E-state index contributed by atoms with van der Waals surface area (Å²) in [6.07, 6.45) is 6.86. The Kier molecular flexibility index (Phi) is 5.02. The Hall–Kier alpha value is 0. The maximum Gasteiger partial charge on any atom is -0.0349 e. The zero-order valence-corrected chi connectivity index (χ0v) is 10.5. The predicted octanol–water partition coefficient (Wildman–Crippen LogP) is 5.03. The van der Waals surface area contributed by atoms with Crippen LogP contribution >= 0.6 is 0 Å². The lowest BCUT2D eigenvalue weighted by Gasteiger charge is -2.32. The molecular weight excluding hydrogens is 156 g/mol. The van der Waals surface area contributed by atoms with Crippen molar-refractivity contribution in [2.45, 2.75) is 73.6 Å². The average Bonchev–Trinajstić information content (AvgIpc) is 1.81. The topological polar surface area (TPSA) is 0 Å². The molecule has 0 aliphatic rings. The molecule has 0 aliphatic heterocycles. The van der Waals surface area contributed by atoms with Crippen molar-refractivity contribution in [1.82, 2.24) is 0 Å². The molecule has 0 heteroatoms. The Morgan fingerprint density at radius 3 is 1.77 bits per heavy atom. The predicted molar refractivity (Wildman–Crippen MR) is 62.0 cm³/mol. The second kappa shape index (κ2) is 5.02. The van der Waals surface area contributed by atoms with Gasteiger partial charge in [0, 0.05) is 0 Å². The van der Waals surface area contributed by atoms with Crippen LogP contribution < -0.4 is 0 Å². The summed E-state index contributed by atoms with van der Waals surface area (Å²) in [6, 6.07) is 0. The van der Waals surface area contributed by atoms with E-state index in [1.54, 1.807) is 0 Å². The molecule has 0 atom stereocenters. The molecule has 0 bridgehead atoms. The Morgan fingerprint density at radius 2 is 1.38 bits per heavy atom. The quantitative estimate of drug-likeness (QED) is 0.526. The first-order chi connectivity index (χ1) is 5.77. The van der Waals surface area contributed by atoms with Crippen LogP contribution in [0.1, 0.15) is 73.6 Å². The molecule has 0 spiro atoms. The second-order valence-electron chi connectivity index (χ2n) is 6.36. The zero-order valence-electron chi connectivity index (χ0n) is 10.5. The van der Waals surface area contributed by atoms with Crippen molar-refractivity contribution < 1.29 is 0 Å². The molecule has 0 N–H and O–H groups in total. The highest BCUT2D eigenvalue weighted by Crippen LogP contribution is 2.36. The molecule has 0 fully saturated rings. The summed E-state index contributed by atoms with van der Waals surface area (Å²) >= 11 is 0. The van der Waals surface area contributed by atoms with Crippen molar-refractivity contribution in [1.29, 1.82) is 0 Å². The van der Waals surface area contributed by atoms with Gasteiger partial charge in [-0.25, -0.2) is 0 Å². The Morgan fingerprint density at radius 1 is 0.846 bits per heavy atom. The van der Waals surface area contributed by atoms with Gasteiger partial charge in [-0.1, -0.05) is 60.8 Å². The molecule has 0 amide bonds. The minimum Gasteiger partial charge on any atom is -0.0654 e. The molecule has 0 aromatic heterocycles.